The van der Waals surface area contributed by atoms with Crippen molar-refractivity contribution in [1.82, 2.24) is 20.2 Å². The molecular weight excluding hydrogens is 264 g/mol. The van der Waals surface area contributed by atoms with Crippen LogP contribution < -0.4 is 10.0 Å². The third kappa shape index (κ3) is 3.34. The molecule has 7 heteroatoms. The first-order chi connectivity index (χ1) is 9.04. The SMILES string of the molecule is CNCc1cn[nH]c1S(=O)(=O)NCC1CCCC1C. The van der Waals surface area contributed by atoms with Gasteiger partial charge < -0.3 is 5.32 Å². The molecule has 6 nitrogen and oxygen atoms in total. The van der Waals surface area contributed by atoms with E-state index in [4.69, 9.17) is 0 Å². The third-order valence-corrected chi connectivity index (χ3v) is 5.33. The molecule has 1 saturated carbocycles. The van der Waals surface area contributed by atoms with Gasteiger partial charge in [-0.3, -0.25) is 5.10 Å². The molecule has 0 aromatic carbocycles. The summed E-state index contributed by atoms with van der Waals surface area (Å²) in [5.41, 5.74) is 0.662. The lowest BCUT2D eigenvalue weighted by Gasteiger charge is -2.15. The van der Waals surface area contributed by atoms with E-state index < -0.39 is 10.0 Å². The molecule has 1 aliphatic carbocycles. The molecular formula is C12H22N4O2S. The normalized spacial score (nSPS) is 23.9. The standard InChI is InChI=1S/C12H22N4O2S/c1-9-4-3-5-10(9)8-15-19(17,18)12-11(6-13-2)7-14-16-12/h7,9-10,13,15H,3-6,8H2,1-2H3,(H,14,16). The first-order valence-electron chi connectivity index (χ1n) is 6.71. The molecule has 0 bridgehead atoms. The predicted molar refractivity (Wildman–Crippen MR) is 73.0 cm³/mol. The Hall–Kier alpha value is -0.920. The highest BCUT2D eigenvalue weighted by Crippen LogP contribution is 2.30. The Labute approximate surface area is 114 Å². The maximum Gasteiger partial charge on any atom is 0.257 e. The van der Waals surface area contributed by atoms with Gasteiger partial charge in [-0.1, -0.05) is 19.8 Å². The van der Waals surface area contributed by atoms with Crippen molar-refractivity contribution in [3.8, 4) is 0 Å². The van der Waals surface area contributed by atoms with Crippen molar-refractivity contribution in [3.05, 3.63) is 11.8 Å². The third-order valence-electron chi connectivity index (χ3n) is 3.89. The molecule has 0 spiro atoms. The van der Waals surface area contributed by atoms with Gasteiger partial charge in [0.15, 0.2) is 5.03 Å². The Kier molecular flexibility index (Phi) is 4.59. The van der Waals surface area contributed by atoms with E-state index in [1.807, 2.05) is 0 Å². The Morgan fingerprint density at radius 3 is 2.89 bits per heavy atom. The fourth-order valence-corrected chi connectivity index (χ4v) is 3.88. The predicted octanol–water partition coefficient (Wildman–Crippen LogP) is 0.844. The van der Waals surface area contributed by atoms with Gasteiger partial charge in [-0.25, -0.2) is 13.1 Å². The number of aromatic amines is 1. The molecule has 19 heavy (non-hydrogen) atoms. The van der Waals surface area contributed by atoms with E-state index in [0.29, 0.717) is 30.5 Å². The molecule has 3 N–H and O–H groups in total. The fourth-order valence-electron chi connectivity index (χ4n) is 2.66. The van der Waals surface area contributed by atoms with E-state index in [-0.39, 0.29) is 5.03 Å². The van der Waals surface area contributed by atoms with Crippen molar-refractivity contribution < 1.29 is 8.42 Å². The van der Waals surface area contributed by atoms with Crippen LogP contribution in [0.3, 0.4) is 0 Å². The zero-order valence-electron chi connectivity index (χ0n) is 11.4. The van der Waals surface area contributed by atoms with Crippen LogP contribution in [0.1, 0.15) is 31.7 Å². The molecule has 0 radical (unpaired) electrons. The molecule has 108 valence electrons. The Morgan fingerprint density at radius 1 is 1.47 bits per heavy atom. The molecule has 0 saturated heterocycles. The molecule has 1 aromatic rings. The summed E-state index contributed by atoms with van der Waals surface area (Å²) in [6.07, 6.45) is 5.05. The molecule has 1 aliphatic rings. The van der Waals surface area contributed by atoms with E-state index >= 15 is 0 Å². The maximum atomic E-state index is 12.2. The van der Waals surface area contributed by atoms with Gasteiger partial charge in [0.2, 0.25) is 0 Å². The second-order valence-corrected chi connectivity index (χ2v) is 6.98. The van der Waals surface area contributed by atoms with Crippen molar-refractivity contribution in [1.29, 1.82) is 0 Å². The van der Waals surface area contributed by atoms with Gasteiger partial charge in [0.05, 0.1) is 6.20 Å². The van der Waals surface area contributed by atoms with E-state index in [1.165, 1.54) is 12.8 Å². The van der Waals surface area contributed by atoms with Gasteiger partial charge in [-0.05, 0) is 25.3 Å². The molecule has 2 rings (SSSR count). The van der Waals surface area contributed by atoms with Crippen LogP contribution in [0.5, 0.6) is 0 Å². The first kappa shape index (κ1) is 14.5. The number of hydrogen-bond donors (Lipinski definition) is 3. The van der Waals surface area contributed by atoms with Crippen LogP contribution in [0.4, 0.5) is 0 Å². The van der Waals surface area contributed by atoms with E-state index in [9.17, 15) is 8.42 Å². The summed E-state index contributed by atoms with van der Waals surface area (Å²) in [5.74, 6) is 1.05. The molecule has 0 amide bonds. The van der Waals surface area contributed by atoms with Crippen LogP contribution in [-0.2, 0) is 16.6 Å². The van der Waals surface area contributed by atoms with Crippen LogP contribution in [0.15, 0.2) is 11.2 Å². The summed E-state index contributed by atoms with van der Waals surface area (Å²) in [5, 5.41) is 9.50. The largest absolute Gasteiger partial charge is 0.316 e. The minimum absolute atomic E-state index is 0.174. The number of H-pyrrole nitrogens is 1. The number of aromatic nitrogens is 2. The van der Waals surface area contributed by atoms with Gasteiger partial charge in [0.25, 0.3) is 10.0 Å². The lowest BCUT2D eigenvalue weighted by atomic mass is 9.99. The van der Waals surface area contributed by atoms with Crippen LogP contribution in [0.25, 0.3) is 0 Å². The summed E-state index contributed by atoms with van der Waals surface area (Å²) >= 11 is 0. The second-order valence-electron chi connectivity index (χ2n) is 5.27. The number of nitrogens with one attached hydrogen (secondary N) is 3. The summed E-state index contributed by atoms with van der Waals surface area (Å²) in [7, 11) is -1.71. The van der Waals surface area contributed by atoms with Gasteiger partial charge in [-0.15, -0.1) is 0 Å². The zero-order valence-corrected chi connectivity index (χ0v) is 12.3. The van der Waals surface area contributed by atoms with Crippen LogP contribution >= 0.6 is 0 Å². The summed E-state index contributed by atoms with van der Waals surface area (Å²) < 4.78 is 27.2. The lowest BCUT2D eigenvalue weighted by Crippen LogP contribution is -2.31. The van der Waals surface area contributed by atoms with Crippen molar-refractivity contribution in [2.75, 3.05) is 13.6 Å². The van der Waals surface area contributed by atoms with Gasteiger partial charge in [0.1, 0.15) is 0 Å². The highest BCUT2D eigenvalue weighted by atomic mass is 32.2. The Balaban J connectivity index is 2.03. The average Bonchev–Trinajstić information content (AvgIpc) is 2.97. The van der Waals surface area contributed by atoms with Gasteiger partial charge in [0, 0.05) is 18.7 Å². The smallest absolute Gasteiger partial charge is 0.257 e. The monoisotopic (exact) mass is 286 g/mol. The van der Waals surface area contributed by atoms with Gasteiger partial charge in [-0.2, -0.15) is 5.10 Å². The molecule has 0 aliphatic heterocycles. The van der Waals surface area contributed by atoms with Crippen LogP contribution in [0, 0.1) is 11.8 Å². The number of nitrogens with zero attached hydrogens (tertiary/aromatic N) is 1. The van der Waals surface area contributed by atoms with Crippen molar-refractivity contribution in [2.24, 2.45) is 11.8 Å². The molecule has 1 aromatic heterocycles. The maximum absolute atomic E-state index is 12.2. The van der Waals surface area contributed by atoms with Crippen LogP contribution in [-0.4, -0.2) is 32.2 Å². The zero-order chi connectivity index (χ0) is 13.9. The Morgan fingerprint density at radius 2 is 2.26 bits per heavy atom. The number of rotatable bonds is 6. The van der Waals surface area contributed by atoms with E-state index in [2.05, 4.69) is 27.2 Å². The molecule has 1 fully saturated rings. The van der Waals surface area contributed by atoms with Crippen LogP contribution in [0.2, 0.25) is 0 Å². The Bertz CT molecular complexity index is 512. The number of hydrogen-bond acceptors (Lipinski definition) is 4. The summed E-state index contributed by atoms with van der Waals surface area (Å²) in [4.78, 5) is 0. The van der Waals surface area contributed by atoms with Crippen molar-refractivity contribution in [2.45, 2.75) is 37.8 Å². The summed E-state index contributed by atoms with van der Waals surface area (Å²) in [6, 6.07) is 0. The number of sulfonamides is 1. The quantitative estimate of drug-likeness (QED) is 0.723. The first-order valence-corrected chi connectivity index (χ1v) is 8.19. The fraction of sp³-hybridized carbons (Fsp3) is 0.750. The van der Waals surface area contributed by atoms with Crippen molar-refractivity contribution in [3.63, 3.8) is 0 Å². The van der Waals surface area contributed by atoms with Gasteiger partial charge >= 0.3 is 0 Å². The lowest BCUT2D eigenvalue weighted by molar-refractivity contribution is 0.414. The molecule has 2 atom stereocenters. The average molecular weight is 286 g/mol. The molecule has 1 heterocycles. The highest BCUT2D eigenvalue weighted by Gasteiger charge is 2.26. The minimum atomic E-state index is -3.49. The summed E-state index contributed by atoms with van der Waals surface area (Å²) in [6.45, 7) is 3.18. The molecule has 2 unspecified atom stereocenters. The highest BCUT2D eigenvalue weighted by molar-refractivity contribution is 7.89. The van der Waals surface area contributed by atoms with Crippen molar-refractivity contribution >= 4 is 10.0 Å². The topological polar surface area (TPSA) is 86.9 Å². The minimum Gasteiger partial charge on any atom is -0.316 e. The van der Waals surface area contributed by atoms with E-state index in [0.717, 1.165) is 6.42 Å². The van der Waals surface area contributed by atoms with E-state index in [1.54, 1.807) is 13.2 Å². The second kappa shape index (κ2) is 6.02.